The number of nitrogens with one attached hydrogen (secondary N) is 1. The van der Waals surface area contributed by atoms with Crippen LogP contribution in [-0.2, 0) is 22.7 Å². The molecule has 2 aliphatic heterocycles. The number of benzene rings is 2. The maximum atomic E-state index is 13.3. The number of hydrogen-bond acceptors (Lipinski definition) is 6. The van der Waals surface area contributed by atoms with Crippen molar-refractivity contribution in [2.75, 3.05) is 6.54 Å². The van der Waals surface area contributed by atoms with Crippen LogP contribution in [0.5, 0.6) is 5.88 Å². The van der Waals surface area contributed by atoms with E-state index in [4.69, 9.17) is 11.6 Å². The van der Waals surface area contributed by atoms with E-state index in [1.807, 2.05) is 18.2 Å². The standard InChI is InChI=1S/C27H28ClN5O5/c1-2-3-4-13-32-22-21(30-26(28)31-22)24(35)33(27(32)38)14-7-12-29-23(34)19-16-10-5-8-15-9-6-11-17(18(15)16)20(19)25(36)37/h5-6,8-11,19-20,35H,2-4,7,12-14H2,1H3,(H,29,34)(H,36,37)/p-1. The van der Waals surface area contributed by atoms with Gasteiger partial charge < -0.3 is 20.1 Å². The Balaban J connectivity index is 1.33. The van der Waals surface area contributed by atoms with Crippen LogP contribution in [0.2, 0.25) is 5.28 Å². The summed E-state index contributed by atoms with van der Waals surface area (Å²) in [5.74, 6) is -3.73. The van der Waals surface area contributed by atoms with Gasteiger partial charge in [-0.3, -0.25) is 14.2 Å². The number of fused-ring (bicyclic) bond motifs is 1. The largest absolute Gasteiger partial charge is 0.858 e. The molecule has 1 amide bonds. The first-order valence-electron chi connectivity index (χ1n) is 12.7. The lowest BCUT2D eigenvalue weighted by molar-refractivity contribution is -0.279. The molecule has 3 aliphatic rings. The van der Waals surface area contributed by atoms with Crippen LogP contribution in [-0.4, -0.2) is 42.6 Å². The Morgan fingerprint density at radius 1 is 1.03 bits per heavy atom. The van der Waals surface area contributed by atoms with Crippen molar-refractivity contribution in [1.82, 2.24) is 24.4 Å². The molecule has 2 atom stereocenters. The highest BCUT2D eigenvalue weighted by molar-refractivity contribution is 6.28. The number of aromatic nitrogens is 4. The van der Waals surface area contributed by atoms with Crippen molar-refractivity contribution in [2.45, 2.75) is 57.5 Å². The van der Waals surface area contributed by atoms with Crippen LogP contribution in [0.4, 0.5) is 0 Å². The van der Waals surface area contributed by atoms with Crippen LogP contribution >= 0.6 is 11.6 Å². The van der Waals surface area contributed by atoms with Gasteiger partial charge in [-0.25, -0.2) is 9.78 Å². The molecule has 0 saturated carbocycles. The van der Waals surface area contributed by atoms with E-state index < -0.39 is 35.3 Å². The maximum absolute atomic E-state index is 13.3. The molecular formula is C27H27ClN5O5-. The Morgan fingerprint density at radius 3 is 2.39 bits per heavy atom. The van der Waals surface area contributed by atoms with Crippen molar-refractivity contribution in [3.8, 4) is 17.4 Å². The molecule has 0 bridgehead atoms. The minimum atomic E-state index is -1.06. The smallest absolute Gasteiger partial charge is 0.329 e. The van der Waals surface area contributed by atoms with E-state index >= 15 is 0 Å². The number of unbranched alkanes of at least 4 members (excludes halogenated alkanes) is 2. The van der Waals surface area contributed by atoms with Crippen LogP contribution in [0.1, 0.15) is 55.6 Å². The second-order valence-corrected chi connectivity index (χ2v) is 9.83. The first-order chi connectivity index (χ1) is 18.3. The molecule has 1 aliphatic carbocycles. The van der Waals surface area contributed by atoms with Gasteiger partial charge in [-0.05, 0) is 52.2 Å². The lowest BCUT2D eigenvalue weighted by Crippen LogP contribution is -2.37. The number of carbonyl (C=O) groups is 2. The van der Waals surface area contributed by atoms with Gasteiger partial charge in [0, 0.05) is 19.6 Å². The van der Waals surface area contributed by atoms with E-state index in [2.05, 4.69) is 22.2 Å². The van der Waals surface area contributed by atoms with E-state index in [-0.39, 0.29) is 36.3 Å². The van der Waals surface area contributed by atoms with Gasteiger partial charge in [0.15, 0.2) is 5.82 Å². The van der Waals surface area contributed by atoms with Gasteiger partial charge in [0.05, 0.1) is 11.8 Å². The van der Waals surface area contributed by atoms with E-state index in [1.54, 1.807) is 18.2 Å². The van der Waals surface area contributed by atoms with Crippen LogP contribution < -0.4 is 16.1 Å². The number of aliphatic carboxylic acids is 1. The monoisotopic (exact) mass is 536 g/mol. The van der Waals surface area contributed by atoms with Crippen molar-refractivity contribution < 1.29 is 19.8 Å². The summed E-state index contributed by atoms with van der Waals surface area (Å²) in [4.78, 5) is 46.7. The SMILES string of the molecule is CCCCCn1c2nc(Cl)nc-2c([O-])n(CCCNC(=O)C2c3cccc4cccc(c34)C2C(=O)O)c1=O. The summed E-state index contributed by atoms with van der Waals surface area (Å²) in [5.41, 5.74) is 0.858. The number of imidazole rings is 1. The Kier molecular flexibility index (Phi) is 7.07. The minimum absolute atomic E-state index is 0.0382. The molecule has 0 fully saturated rings. The molecule has 2 unspecified atom stereocenters. The number of halogens is 1. The topological polar surface area (TPSA) is 142 Å². The molecule has 198 valence electrons. The highest BCUT2D eigenvalue weighted by Crippen LogP contribution is 2.47. The second kappa shape index (κ2) is 10.4. The number of carboxylic acid groups (broad SMARTS) is 1. The van der Waals surface area contributed by atoms with Crippen molar-refractivity contribution in [1.29, 1.82) is 0 Å². The number of amides is 1. The molecule has 10 nitrogen and oxygen atoms in total. The van der Waals surface area contributed by atoms with Gasteiger partial charge in [0.25, 0.3) is 0 Å². The van der Waals surface area contributed by atoms with Crippen LogP contribution in [0.15, 0.2) is 41.2 Å². The Morgan fingerprint density at radius 2 is 1.71 bits per heavy atom. The summed E-state index contributed by atoms with van der Waals surface area (Å²) < 4.78 is 2.52. The van der Waals surface area contributed by atoms with Crippen LogP contribution in [0.3, 0.4) is 0 Å². The third kappa shape index (κ3) is 4.38. The number of carboxylic acids is 1. The molecule has 2 aromatic carbocycles. The number of nitrogens with zero attached hydrogens (tertiary/aromatic N) is 4. The fraction of sp³-hybridized carbons (Fsp3) is 0.370. The van der Waals surface area contributed by atoms with E-state index in [0.717, 1.165) is 34.6 Å². The Hall–Kier alpha value is -3.92. The summed E-state index contributed by atoms with van der Waals surface area (Å²) >= 11 is 5.94. The summed E-state index contributed by atoms with van der Waals surface area (Å²) in [5, 5.41) is 27.3. The van der Waals surface area contributed by atoms with E-state index in [1.165, 1.54) is 4.57 Å². The quantitative estimate of drug-likeness (QED) is 0.234. The van der Waals surface area contributed by atoms with Crippen LogP contribution in [0, 0.1) is 0 Å². The van der Waals surface area contributed by atoms with Gasteiger partial charge in [-0.15, -0.1) is 0 Å². The Bertz CT molecular complexity index is 1560. The average Bonchev–Trinajstić information content (AvgIpc) is 3.45. The zero-order valence-corrected chi connectivity index (χ0v) is 21.6. The molecule has 38 heavy (non-hydrogen) atoms. The van der Waals surface area contributed by atoms with E-state index in [9.17, 15) is 24.6 Å². The first kappa shape index (κ1) is 25.7. The van der Waals surface area contributed by atoms with Gasteiger partial charge in [0.2, 0.25) is 11.2 Å². The molecule has 2 aromatic rings. The van der Waals surface area contributed by atoms with Crippen molar-refractivity contribution >= 4 is 34.2 Å². The van der Waals surface area contributed by atoms with Crippen molar-refractivity contribution in [2.24, 2.45) is 0 Å². The molecule has 2 heterocycles. The summed E-state index contributed by atoms with van der Waals surface area (Å²) in [6, 6.07) is 11.0. The lowest BCUT2D eigenvalue weighted by Gasteiger charge is -2.23. The third-order valence-electron chi connectivity index (χ3n) is 7.14. The molecule has 0 spiro atoms. The normalized spacial score (nSPS) is 16.4. The van der Waals surface area contributed by atoms with Gasteiger partial charge in [0.1, 0.15) is 5.69 Å². The van der Waals surface area contributed by atoms with Crippen molar-refractivity contribution in [3.63, 3.8) is 0 Å². The number of rotatable bonds is 10. The third-order valence-corrected chi connectivity index (χ3v) is 7.31. The minimum Gasteiger partial charge on any atom is -0.858 e. The summed E-state index contributed by atoms with van der Waals surface area (Å²) in [6.45, 7) is 2.64. The maximum Gasteiger partial charge on any atom is 0.329 e. The predicted molar refractivity (Wildman–Crippen MR) is 140 cm³/mol. The zero-order chi connectivity index (χ0) is 27.0. The van der Waals surface area contributed by atoms with Gasteiger partial charge in [-0.1, -0.05) is 56.2 Å². The summed E-state index contributed by atoms with van der Waals surface area (Å²) in [7, 11) is 0. The number of carbonyl (C=O) groups excluding carboxylic acids is 1. The molecule has 0 radical (unpaired) electrons. The average molecular weight is 537 g/mol. The molecule has 11 heteroatoms. The highest BCUT2D eigenvalue weighted by Gasteiger charge is 2.43. The number of hydrogen-bond donors (Lipinski definition) is 2. The molecule has 0 saturated heterocycles. The van der Waals surface area contributed by atoms with Gasteiger partial charge in [-0.2, -0.15) is 4.98 Å². The fourth-order valence-electron chi connectivity index (χ4n) is 5.41. The molecular weight excluding hydrogens is 510 g/mol. The Labute approximate surface area is 223 Å². The fourth-order valence-corrected chi connectivity index (χ4v) is 5.58. The predicted octanol–water partition coefficient (Wildman–Crippen LogP) is 3.09. The second-order valence-electron chi connectivity index (χ2n) is 9.49. The lowest BCUT2D eigenvalue weighted by atomic mass is 9.89. The summed E-state index contributed by atoms with van der Waals surface area (Å²) in [6.07, 6.45) is 2.90. The molecule has 5 rings (SSSR count). The molecule has 0 aromatic heterocycles. The van der Waals surface area contributed by atoms with Crippen LogP contribution in [0.25, 0.3) is 22.3 Å². The zero-order valence-electron chi connectivity index (χ0n) is 20.8. The highest BCUT2D eigenvalue weighted by atomic mass is 35.5. The van der Waals surface area contributed by atoms with Crippen molar-refractivity contribution in [3.05, 3.63) is 63.3 Å². The first-order valence-corrected chi connectivity index (χ1v) is 13.1. The molecule has 2 N–H and O–H groups in total. The van der Waals surface area contributed by atoms with Gasteiger partial charge >= 0.3 is 11.7 Å². The van der Waals surface area contributed by atoms with E-state index in [0.29, 0.717) is 17.7 Å².